The summed E-state index contributed by atoms with van der Waals surface area (Å²) in [5, 5.41) is 3.55. The highest BCUT2D eigenvalue weighted by atomic mass is 16.1. The maximum atomic E-state index is 12.0. The molecule has 3 N–H and O–H groups in total. The third-order valence-electron chi connectivity index (χ3n) is 5.74. The summed E-state index contributed by atoms with van der Waals surface area (Å²) in [6, 6.07) is 1.79. The molecular formula is C16H29N3O. The summed E-state index contributed by atoms with van der Waals surface area (Å²) in [5.74, 6) is -0.135. The predicted molar refractivity (Wildman–Crippen MR) is 80.4 cm³/mol. The van der Waals surface area contributed by atoms with E-state index < -0.39 is 5.54 Å². The Morgan fingerprint density at radius 3 is 2.40 bits per heavy atom. The van der Waals surface area contributed by atoms with E-state index in [4.69, 9.17) is 5.73 Å². The van der Waals surface area contributed by atoms with Crippen molar-refractivity contribution in [2.24, 2.45) is 5.73 Å². The van der Waals surface area contributed by atoms with E-state index >= 15 is 0 Å². The van der Waals surface area contributed by atoms with Gasteiger partial charge in [0.1, 0.15) is 0 Å². The van der Waals surface area contributed by atoms with Gasteiger partial charge < -0.3 is 16.0 Å². The Kier molecular flexibility index (Phi) is 4.04. The lowest BCUT2D eigenvalue weighted by Gasteiger charge is -2.36. The van der Waals surface area contributed by atoms with Gasteiger partial charge in [-0.3, -0.25) is 4.79 Å². The summed E-state index contributed by atoms with van der Waals surface area (Å²) in [7, 11) is 2.26. The molecule has 0 bridgehead atoms. The lowest BCUT2D eigenvalue weighted by molar-refractivity contribution is -0.124. The molecule has 0 heterocycles. The van der Waals surface area contributed by atoms with Gasteiger partial charge in [0.15, 0.2) is 0 Å². The molecule has 3 rings (SSSR count). The van der Waals surface area contributed by atoms with Crippen LogP contribution in [-0.4, -0.2) is 41.5 Å². The quantitative estimate of drug-likeness (QED) is 0.806. The van der Waals surface area contributed by atoms with Crippen LogP contribution in [-0.2, 0) is 4.79 Å². The van der Waals surface area contributed by atoms with Crippen LogP contribution in [0.2, 0.25) is 0 Å². The number of nitrogens with two attached hydrogens (primary N) is 1. The SMILES string of the molecule is CN(C1CCCCC1)C1CCC(NC2CC2)(C(N)=O)C1. The van der Waals surface area contributed by atoms with Crippen LogP contribution >= 0.6 is 0 Å². The lowest BCUT2D eigenvalue weighted by atomic mass is 9.92. The molecule has 0 saturated heterocycles. The maximum absolute atomic E-state index is 12.0. The zero-order chi connectivity index (χ0) is 14.2. The maximum Gasteiger partial charge on any atom is 0.237 e. The first kappa shape index (κ1) is 14.3. The normalized spacial score (nSPS) is 35.6. The fourth-order valence-electron chi connectivity index (χ4n) is 4.20. The number of nitrogens with zero attached hydrogens (tertiary/aromatic N) is 1. The minimum atomic E-state index is -0.422. The van der Waals surface area contributed by atoms with Crippen LogP contribution in [0.25, 0.3) is 0 Å². The van der Waals surface area contributed by atoms with Crippen molar-refractivity contribution >= 4 is 5.91 Å². The highest BCUT2D eigenvalue weighted by Crippen LogP contribution is 2.37. The number of primary amides is 1. The van der Waals surface area contributed by atoms with Crippen LogP contribution in [0.3, 0.4) is 0 Å². The van der Waals surface area contributed by atoms with Crippen LogP contribution in [0.4, 0.5) is 0 Å². The molecule has 1 amide bonds. The molecule has 3 fully saturated rings. The van der Waals surface area contributed by atoms with Gasteiger partial charge in [0.25, 0.3) is 0 Å². The number of carbonyl (C=O) groups excluding carboxylic acids is 1. The van der Waals surface area contributed by atoms with Crippen LogP contribution in [0.1, 0.15) is 64.2 Å². The fourth-order valence-corrected chi connectivity index (χ4v) is 4.20. The van der Waals surface area contributed by atoms with Crippen molar-refractivity contribution in [2.45, 2.75) is 87.9 Å². The summed E-state index contributed by atoms with van der Waals surface area (Å²) < 4.78 is 0. The van der Waals surface area contributed by atoms with E-state index in [2.05, 4.69) is 17.3 Å². The number of hydrogen-bond donors (Lipinski definition) is 2. The molecule has 0 spiro atoms. The van der Waals surface area contributed by atoms with Crippen LogP contribution in [0.15, 0.2) is 0 Å². The zero-order valence-electron chi connectivity index (χ0n) is 12.7. The monoisotopic (exact) mass is 279 g/mol. The van der Waals surface area contributed by atoms with E-state index in [9.17, 15) is 4.79 Å². The van der Waals surface area contributed by atoms with E-state index in [1.54, 1.807) is 0 Å². The Morgan fingerprint density at radius 1 is 1.10 bits per heavy atom. The standard InChI is InChI=1S/C16H29N3O/c1-19(13-5-3-2-4-6-13)14-9-10-16(11-14,15(17)20)18-12-7-8-12/h12-14,18H,2-11H2,1H3,(H2,17,20). The molecular weight excluding hydrogens is 250 g/mol. The smallest absolute Gasteiger partial charge is 0.237 e. The first-order chi connectivity index (χ1) is 9.61. The predicted octanol–water partition coefficient (Wildman–Crippen LogP) is 1.78. The number of carbonyl (C=O) groups is 1. The topological polar surface area (TPSA) is 58.4 Å². The van der Waals surface area contributed by atoms with E-state index in [0.717, 1.165) is 25.3 Å². The molecule has 3 aliphatic rings. The van der Waals surface area contributed by atoms with Gasteiger partial charge in [-0.2, -0.15) is 0 Å². The van der Waals surface area contributed by atoms with Crippen molar-refractivity contribution in [1.29, 1.82) is 0 Å². The van der Waals surface area contributed by atoms with Gasteiger partial charge in [-0.15, -0.1) is 0 Å². The van der Waals surface area contributed by atoms with Crippen molar-refractivity contribution in [2.75, 3.05) is 7.05 Å². The van der Waals surface area contributed by atoms with Gasteiger partial charge >= 0.3 is 0 Å². The fraction of sp³-hybridized carbons (Fsp3) is 0.938. The molecule has 114 valence electrons. The minimum Gasteiger partial charge on any atom is -0.368 e. The molecule has 4 heteroatoms. The second-order valence-corrected chi connectivity index (χ2v) is 7.22. The van der Waals surface area contributed by atoms with Crippen molar-refractivity contribution in [3.8, 4) is 0 Å². The summed E-state index contributed by atoms with van der Waals surface area (Å²) >= 11 is 0. The van der Waals surface area contributed by atoms with Crippen molar-refractivity contribution in [3.05, 3.63) is 0 Å². The van der Waals surface area contributed by atoms with Crippen LogP contribution < -0.4 is 11.1 Å². The van der Waals surface area contributed by atoms with Crippen molar-refractivity contribution in [3.63, 3.8) is 0 Å². The molecule has 20 heavy (non-hydrogen) atoms. The highest BCUT2D eigenvalue weighted by Gasteiger charge is 2.48. The zero-order valence-corrected chi connectivity index (χ0v) is 12.7. The summed E-state index contributed by atoms with van der Waals surface area (Å²) in [6.07, 6.45) is 12.1. The molecule has 0 aromatic carbocycles. The third-order valence-corrected chi connectivity index (χ3v) is 5.74. The minimum absolute atomic E-state index is 0.135. The van der Waals surface area contributed by atoms with Crippen LogP contribution in [0, 0.1) is 0 Å². The van der Waals surface area contributed by atoms with E-state index in [1.807, 2.05) is 0 Å². The van der Waals surface area contributed by atoms with E-state index in [-0.39, 0.29) is 5.91 Å². The third kappa shape index (κ3) is 2.86. The van der Waals surface area contributed by atoms with E-state index in [0.29, 0.717) is 12.1 Å². The van der Waals surface area contributed by atoms with Gasteiger partial charge in [-0.05, 0) is 52.0 Å². The molecule has 2 unspecified atom stereocenters. The van der Waals surface area contributed by atoms with Gasteiger partial charge in [-0.25, -0.2) is 0 Å². The number of nitrogens with one attached hydrogen (secondary N) is 1. The Hall–Kier alpha value is -0.610. The van der Waals surface area contributed by atoms with Gasteiger partial charge in [0.05, 0.1) is 5.54 Å². The van der Waals surface area contributed by atoms with Gasteiger partial charge in [0.2, 0.25) is 5.91 Å². The number of hydrogen-bond acceptors (Lipinski definition) is 3. The van der Waals surface area contributed by atoms with Crippen molar-refractivity contribution in [1.82, 2.24) is 10.2 Å². The van der Waals surface area contributed by atoms with Gasteiger partial charge in [0, 0.05) is 18.1 Å². The van der Waals surface area contributed by atoms with Gasteiger partial charge in [-0.1, -0.05) is 19.3 Å². The molecule has 4 nitrogen and oxygen atoms in total. The Labute approximate surface area is 122 Å². The lowest BCUT2D eigenvalue weighted by Crippen LogP contribution is -2.55. The average Bonchev–Trinajstić information content (AvgIpc) is 3.15. The second-order valence-electron chi connectivity index (χ2n) is 7.22. The number of amides is 1. The second kappa shape index (κ2) is 5.64. The molecule has 2 atom stereocenters. The van der Waals surface area contributed by atoms with Crippen molar-refractivity contribution < 1.29 is 4.79 Å². The van der Waals surface area contributed by atoms with Crippen LogP contribution in [0.5, 0.6) is 0 Å². The highest BCUT2D eigenvalue weighted by molar-refractivity contribution is 5.85. The molecule has 3 aliphatic carbocycles. The molecule has 0 aromatic heterocycles. The Bertz CT molecular complexity index is 363. The van der Waals surface area contributed by atoms with E-state index in [1.165, 1.54) is 44.9 Å². The summed E-state index contributed by atoms with van der Waals surface area (Å²) in [4.78, 5) is 14.5. The summed E-state index contributed by atoms with van der Waals surface area (Å²) in [5.41, 5.74) is 5.31. The molecule has 0 aromatic rings. The largest absolute Gasteiger partial charge is 0.368 e. The Morgan fingerprint density at radius 2 is 1.80 bits per heavy atom. The number of rotatable bonds is 5. The first-order valence-electron chi connectivity index (χ1n) is 8.40. The molecule has 0 aliphatic heterocycles. The Balaban J connectivity index is 1.62. The molecule has 0 radical (unpaired) electrons. The summed E-state index contributed by atoms with van der Waals surface area (Å²) in [6.45, 7) is 0. The average molecular weight is 279 g/mol. The molecule has 3 saturated carbocycles. The first-order valence-corrected chi connectivity index (χ1v) is 8.40.